The molecular formula is C66H44N2O. The zero-order valence-corrected chi connectivity index (χ0v) is 37.7. The predicted octanol–water partition coefficient (Wildman–Crippen LogP) is 18.5. The summed E-state index contributed by atoms with van der Waals surface area (Å²) in [4.78, 5) is 2.39. The van der Waals surface area contributed by atoms with Gasteiger partial charge in [-0.15, -0.1) is 0 Å². The van der Waals surface area contributed by atoms with Gasteiger partial charge in [0, 0.05) is 49.6 Å². The maximum absolute atomic E-state index is 6.39. The quantitative estimate of drug-likeness (QED) is 0.144. The van der Waals surface area contributed by atoms with Crippen molar-refractivity contribution in [1.82, 2.24) is 4.57 Å². The number of rotatable bonds is 9. The van der Waals surface area contributed by atoms with Crippen LogP contribution < -0.4 is 4.90 Å². The normalized spacial score (nSPS) is 11.5. The van der Waals surface area contributed by atoms with Gasteiger partial charge in [0.05, 0.1) is 22.4 Å². The van der Waals surface area contributed by atoms with E-state index in [1.165, 1.54) is 38.5 Å². The molecule has 2 heterocycles. The zero-order chi connectivity index (χ0) is 45.7. The smallest absolute Gasteiger partial charge is 0.143 e. The standard InChI is InChI=1S/C66H44N2O/c1-2-15-45(16-3-1)46-29-33-49(34-30-46)54-17-4-9-24-61(54)67(52-41-37-48(38-42-52)47-31-35-51(36-32-47)56-22-14-23-60-59-21-8-13-28-65(59)69-66(56)60)53-43-39-50(40-44-53)55-18-5-10-25-62(55)68-63-26-11-6-19-57(63)58-20-7-12-27-64(58)68/h1-44H. The van der Waals surface area contributed by atoms with E-state index in [4.69, 9.17) is 4.42 Å². The van der Waals surface area contributed by atoms with Crippen LogP contribution in [0.25, 0.3) is 105 Å². The van der Waals surface area contributed by atoms with Crippen LogP contribution >= 0.6 is 0 Å². The van der Waals surface area contributed by atoms with E-state index < -0.39 is 0 Å². The average molecular weight is 881 g/mol. The molecule has 0 amide bonds. The van der Waals surface area contributed by atoms with E-state index in [-0.39, 0.29) is 0 Å². The van der Waals surface area contributed by atoms with Crippen molar-refractivity contribution in [3.63, 3.8) is 0 Å². The van der Waals surface area contributed by atoms with E-state index in [0.29, 0.717) is 0 Å². The Morgan fingerprint density at radius 2 is 0.696 bits per heavy atom. The number of hydrogen-bond acceptors (Lipinski definition) is 2. The number of aromatic nitrogens is 1. The van der Waals surface area contributed by atoms with E-state index >= 15 is 0 Å². The van der Waals surface area contributed by atoms with E-state index in [1.54, 1.807) is 0 Å². The molecule has 0 fully saturated rings. The Kier molecular flexibility index (Phi) is 9.84. The molecule has 13 aromatic rings. The molecule has 0 aliphatic rings. The third kappa shape index (κ3) is 7.08. The van der Waals surface area contributed by atoms with Crippen molar-refractivity contribution in [1.29, 1.82) is 0 Å². The first-order valence-corrected chi connectivity index (χ1v) is 23.6. The Morgan fingerprint density at radius 1 is 0.275 bits per heavy atom. The molecule has 11 aromatic carbocycles. The molecule has 0 saturated carbocycles. The van der Waals surface area contributed by atoms with Crippen molar-refractivity contribution in [2.24, 2.45) is 0 Å². The van der Waals surface area contributed by atoms with Gasteiger partial charge in [-0.05, 0) is 93.5 Å². The van der Waals surface area contributed by atoms with Crippen LogP contribution in [0.5, 0.6) is 0 Å². The summed E-state index contributed by atoms with van der Waals surface area (Å²) in [5.74, 6) is 0. The first-order chi connectivity index (χ1) is 34.2. The van der Waals surface area contributed by atoms with Gasteiger partial charge < -0.3 is 13.9 Å². The Labute approximate surface area is 401 Å². The van der Waals surface area contributed by atoms with Gasteiger partial charge in [0.2, 0.25) is 0 Å². The van der Waals surface area contributed by atoms with Crippen LogP contribution in [-0.2, 0) is 0 Å². The lowest BCUT2D eigenvalue weighted by molar-refractivity contribution is 0.670. The number of benzene rings is 11. The Morgan fingerprint density at radius 3 is 1.35 bits per heavy atom. The molecule has 0 N–H and O–H groups in total. The van der Waals surface area contributed by atoms with Gasteiger partial charge in [0.15, 0.2) is 0 Å². The Bertz CT molecular complexity index is 3920. The average Bonchev–Trinajstić information content (AvgIpc) is 3.98. The number of hydrogen-bond donors (Lipinski definition) is 0. The largest absolute Gasteiger partial charge is 0.455 e. The highest BCUT2D eigenvalue weighted by molar-refractivity contribution is 6.11. The van der Waals surface area contributed by atoms with Gasteiger partial charge in [-0.1, -0.05) is 212 Å². The van der Waals surface area contributed by atoms with Gasteiger partial charge in [-0.3, -0.25) is 0 Å². The SMILES string of the molecule is c1ccc(-c2ccc(-c3ccccc3N(c3ccc(-c4ccc(-c5cccc6c5oc5ccccc56)cc4)cc3)c3ccc(-c4ccccc4-n4c5ccccc5c5ccccc54)cc3)cc2)cc1. The summed E-state index contributed by atoms with van der Waals surface area (Å²) < 4.78 is 8.81. The predicted molar refractivity (Wildman–Crippen MR) is 290 cm³/mol. The topological polar surface area (TPSA) is 21.3 Å². The summed E-state index contributed by atoms with van der Waals surface area (Å²) in [6.45, 7) is 0. The van der Waals surface area contributed by atoms with Crippen molar-refractivity contribution in [3.8, 4) is 61.3 Å². The van der Waals surface area contributed by atoms with Gasteiger partial charge >= 0.3 is 0 Å². The molecule has 0 spiro atoms. The first kappa shape index (κ1) is 40.1. The molecule has 69 heavy (non-hydrogen) atoms. The molecule has 0 bridgehead atoms. The van der Waals surface area contributed by atoms with Gasteiger partial charge in [-0.2, -0.15) is 0 Å². The second kappa shape index (κ2) is 16.9. The monoisotopic (exact) mass is 880 g/mol. The summed E-state index contributed by atoms with van der Waals surface area (Å²) in [5.41, 5.74) is 20.2. The van der Waals surface area contributed by atoms with Crippen LogP contribution in [-0.4, -0.2) is 4.57 Å². The molecule has 0 atom stereocenters. The van der Waals surface area contributed by atoms with Crippen molar-refractivity contribution in [2.75, 3.05) is 4.90 Å². The number of anilines is 3. The van der Waals surface area contributed by atoms with Gasteiger partial charge in [0.25, 0.3) is 0 Å². The highest BCUT2D eigenvalue weighted by Gasteiger charge is 2.20. The van der Waals surface area contributed by atoms with E-state index in [0.717, 1.165) is 83.6 Å². The second-order valence-corrected chi connectivity index (χ2v) is 17.6. The molecule has 2 aromatic heterocycles. The highest BCUT2D eigenvalue weighted by atomic mass is 16.3. The number of para-hydroxylation sites is 6. The lowest BCUT2D eigenvalue weighted by atomic mass is 9.97. The molecule has 324 valence electrons. The summed E-state index contributed by atoms with van der Waals surface area (Å²) >= 11 is 0. The lowest BCUT2D eigenvalue weighted by Gasteiger charge is -2.28. The summed E-state index contributed by atoms with van der Waals surface area (Å²) in [6.07, 6.45) is 0. The maximum Gasteiger partial charge on any atom is 0.143 e. The fourth-order valence-corrected chi connectivity index (χ4v) is 10.3. The zero-order valence-electron chi connectivity index (χ0n) is 37.7. The summed E-state index contributed by atoms with van der Waals surface area (Å²) in [7, 11) is 0. The third-order valence-electron chi connectivity index (χ3n) is 13.7. The minimum Gasteiger partial charge on any atom is -0.455 e. The molecule has 0 unspecified atom stereocenters. The molecule has 3 heteroatoms. The van der Waals surface area contributed by atoms with Crippen LogP contribution in [0.2, 0.25) is 0 Å². The van der Waals surface area contributed by atoms with E-state index in [9.17, 15) is 0 Å². The van der Waals surface area contributed by atoms with Crippen LogP contribution in [0.15, 0.2) is 271 Å². The van der Waals surface area contributed by atoms with Crippen LogP contribution in [0.1, 0.15) is 0 Å². The first-order valence-electron chi connectivity index (χ1n) is 23.6. The molecule has 3 nitrogen and oxygen atoms in total. The van der Waals surface area contributed by atoms with Crippen molar-refractivity contribution >= 4 is 60.8 Å². The third-order valence-corrected chi connectivity index (χ3v) is 13.7. The molecule has 13 rings (SSSR count). The Hall–Kier alpha value is -9.18. The highest BCUT2D eigenvalue weighted by Crippen LogP contribution is 2.44. The lowest BCUT2D eigenvalue weighted by Crippen LogP contribution is -2.11. The van der Waals surface area contributed by atoms with Crippen molar-refractivity contribution in [3.05, 3.63) is 267 Å². The molecule has 0 saturated heterocycles. The van der Waals surface area contributed by atoms with Crippen molar-refractivity contribution < 1.29 is 4.42 Å². The number of furan rings is 1. The summed E-state index contributed by atoms with van der Waals surface area (Å²) in [6, 6.07) is 96.0. The fraction of sp³-hybridized carbons (Fsp3) is 0. The van der Waals surface area contributed by atoms with E-state index in [1.807, 2.05) is 12.1 Å². The second-order valence-electron chi connectivity index (χ2n) is 17.6. The van der Waals surface area contributed by atoms with E-state index in [2.05, 4.69) is 264 Å². The molecule has 0 aliphatic heterocycles. The molecular weight excluding hydrogens is 837 g/mol. The van der Waals surface area contributed by atoms with Crippen LogP contribution in [0.4, 0.5) is 17.1 Å². The van der Waals surface area contributed by atoms with Crippen LogP contribution in [0, 0.1) is 0 Å². The van der Waals surface area contributed by atoms with Crippen LogP contribution in [0.3, 0.4) is 0 Å². The van der Waals surface area contributed by atoms with Gasteiger partial charge in [0.1, 0.15) is 11.2 Å². The summed E-state index contributed by atoms with van der Waals surface area (Å²) in [5, 5.41) is 4.78. The number of nitrogens with zero attached hydrogens (tertiary/aromatic N) is 2. The molecule has 0 radical (unpaired) electrons. The number of fused-ring (bicyclic) bond motifs is 6. The minimum atomic E-state index is 0.908. The minimum absolute atomic E-state index is 0.908. The molecule has 0 aliphatic carbocycles. The maximum atomic E-state index is 6.39. The van der Waals surface area contributed by atoms with Crippen molar-refractivity contribution in [2.45, 2.75) is 0 Å². The Balaban J connectivity index is 0.885. The fourth-order valence-electron chi connectivity index (χ4n) is 10.3. The van der Waals surface area contributed by atoms with Gasteiger partial charge in [-0.25, -0.2) is 0 Å².